The molecule has 0 saturated heterocycles. The molecule has 1 aromatic rings. The first-order chi connectivity index (χ1) is 7.38. The van der Waals surface area contributed by atoms with Gasteiger partial charge in [0, 0.05) is 25.8 Å². The molecule has 4 heteroatoms. The van der Waals surface area contributed by atoms with Crippen molar-refractivity contribution in [2.45, 2.75) is 32.4 Å². The summed E-state index contributed by atoms with van der Waals surface area (Å²) in [5, 5.41) is 3.42. The van der Waals surface area contributed by atoms with Crippen molar-refractivity contribution < 1.29 is 0 Å². The van der Waals surface area contributed by atoms with Gasteiger partial charge < -0.3 is 15.6 Å². The van der Waals surface area contributed by atoms with Crippen LogP contribution < -0.4 is 11.1 Å². The summed E-state index contributed by atoms with van der Waals surface area (Å²) in [4.78, 5) is 4.31. The number of imidazole rings is 1. The van der Waals surface area contributed by atoms with Gasteiger partial charge in [0.05, 0.1) is 12.0 Å². The summed E-state index contributed by atoms with van der Waals surface area (Å²) >= 11 is 0. The number of nitrogens with zero attached hydrogens (tertiary/aromatic N) is 2. The van der Waals surface area contributed by atoms with Crippen LogP contribution in [0, 0.1) is 5.92 Å². The Morgan fingerprint density at radius 1 is 1.53 bits per heavy atom. The highest BCUT2D eigenvalue weighted by Crippen LogP contribution is 2.31. The summed E-state index contributed by atoms with van der Waals surface area (Å²) in [7, 11) is 0. The van der Waals surface area contributed by atoms with Gasteiger partial charge in [-0.25, -0.2) is 4.98 Å². The third kappa shape index (κ3) is 3.64. The van der Waals surface area contributed by atoms with E-state index >= 15 is 0 Å². The van der Waals surface area contributed by atoms with Gasteiger partial charge in [0.1, 0.15) is 0 Å². The average Bonchev–Trinajstić information content (AvgIpc) is 2.95. The van der Waals surface area contributed by atoms with E-state index in [2.05, 4.69) is 16.5 Å². The van der Waals surface area contributed by atoms with Crippen molar-refractivity contribution in [3.05, 3.63) is 18.2 Å². The van der Waals surface area contributed by atoms with Gasteiger partial charge in [-0.05, 0) is 18.9 Å². The molecule has 2 rings (SSSR count). The van der Waals surface area contributed by atoms with E-state index in [9.17, 15) is 0 Å². The van der Waals surface area contributed by atoms with Crippen LogP contribution in [0.5, 0.6) is 0 Å². The van der Waals surface area contributed by atoms with Gasteiger partial charge in [0.25, 0.3) is 0 Å². The lowest BCUT2D eigenvalue weighted by Crippen LogP contribution is -2.15. The second-order valence-electron chi connectivity index (χ2n) is 4.30. The lowest BCUT2D eigenvalue weighted by molar-refractivity contribution is 0.607. The summed E-state index contributed by atoms with van der Waals surface area (Å²) in [5.74, 6) is 1.01. The van der Waals surface area contributed by atoms with E-state index in [0.717, 1.165) is 31.2 Å². The SMILES string of the molecule is NCCn1cnc(CNCCC2CC2)c1. The fourth-order valence-corrected chi connectivity index (χ4v) is 1.70. The first kappa shape index (κ1) is 10.6. The Morgan fingerprint density at radius 2 is 2.40 bits per heavy atom. The van der Waals surface area contributed by atoms with Gasteiger partial charge in [0.15, 0.2) is 0 Å². The van der Waals surface area contributed by atoms with E-state index in [4.69, 9.17) is 5.73 Å². The minimum absolute atomic E-state index is 0.672. The second-order valence-corrected chi connectivity index (χ2v) is 4.30. The van der Waals surface area contributed by atoms with E-state index in [1.165, 1.54) is 19.3 Å². The van der Waals surface area contributed by atoms with Gasteiger partial charge in [-0.3, -0.25) is 0 Å². The zero-order valence-electron chi connectivity index (χ0n) is 9.15. The van der Waals surface area contributed by atoms with Crippen LogP contribution in [0.1, 0.15) is 25.0 Å². The Labute approximate surface area is 90.9 Å². The zero-order valence-corrected chi connectivity index (χ0v) is 9.15. The van der Waals surface area contributed by atoms with E-state index in [1.54, 1.807) is 0 Å². The van der Waals surface area contributed by atoms with E-state index in [1.807, 2.05) is 10.9 Å². The molecule has 1 aliphatic carbocycles. The molecule has 1 heterocycles. The molecule has 0 aliphatic heterocycles. The Morgan fingerprint density at radius 3 is 3.13 bits per heavy atom. The number of nitrogens with one attached hydrogen (secondary N) is 1. The van der Waals surface area contributed by atoms with Crippen LogP contribution in [0.3, 0.4) is 0 Å². The summed E-state index contributed by atoms with van der Waals surface area (Å²) < 4.78 is 2.04. The van der Waals surface area contributed by atoms with Gasteiger partial charge in [-0.1, -0.05) is 12.8 Å². The minimum Gasteiger partial charge on any atom is -0.336 e. The van der Waals surface area contributed by atoms with Crippen LogP contribution >= 0.6 is 0 Å². The third-order valence-electron chi connectivity index (χ3n) is 2.81. The molecule has 84 valence electrons. The number of rotatable bonds is 7. The molecule has 0 radical (unpaired) electrons. The van der Waals surface area contributed by atoms with Crippen LogP contribution in [0.25, 0.3) is 0 Å². The van der Waals surface area contributed by atoms with Gasteiger partial charge >= 0.3 is 0 Å². The molecule has 0 amide bonds. The number of hydrogen-bond donors (Lipinski definition) is 2. The molecule has 0 atom stereocenters. The molecule has 0 spiro atoms. The Hall–Kier alpha value is -0.870. The number of aromatic nitrogens is 2. The van der Waals surface area contributed by atoms with Crippen molar-refractivity contribution in [3.8, 4) is 0 Å². The summed E-state index contributed by atoms with van der Waals surface area (Å²) in [5.41, 5.74) is 6.58. The standard InChI is InChI=1S/C11H20N4/c12-4-6-15-8-11(14-9-15)7-13-5-3-10-1-2-10/h8-10,13H,1-7,12H2. The Kier molecular flexibility index (Phi) is 3.75. The summed E-state index contributed by atoms with van der Waals surface area (Å²) in [6, 6.07) is 0. The lowest BCUT2D eigenvalue weighted by Gasteiger charge is -2.00. The molecule has 1 saturated carbocycles. The molecule has 0 bridgehead atoms. The first-order valence-corrected chi connectivity index (χ1v) is 5.80. The molecule has 0 aromatic carbocycles. The van der Waals surface area contributed by atoms with Crippen molar-refractivity contribution in [1.29, 1.82) is 0 Å². The average molecular weight is 208 g/mol. The predicted molar refractivity (Wildman–Crippen MR) is 60.3 cm³/mol. The minimum atomic E-state index is 0.672. The largest absolute Gasteiger partial charge is 0.336 e. The van der Waals surface area contributed by atoms with Crippen LogP contribution in [-0.2, 0) is 13.1 Å². The van der Waals surface area contributed by atoms with Crippen molar-refractivity contribution in [2.24, 2.45) is 11.7 Å². The van der Waals surface area contributed by atoms with E-state index in [0.29, 0.717) is 6.54 Å². The van der Waals surface area contributed by atoms with E-state index < -0.39 is 0 Å². The quantitative estimate of drug-likeness (QED) is 0.650. The topological polar surface area (TPSA) is 55.9 Å². The number of nitrogens with two attached hydrogens (primary N) is 1. The van der Waals surface area contributed by atoms with Crippen molar-refractivity contribution in [2.75, 3.05) is 13.1 Å². The lowest BCUT2D eigenvalue weighted by atomic mass is 10.3. The van der Waals surface area contributed by atoms with Crippen LogP contribution in [0.15, 0.2) is 12.5 Å². The first-order valence-electron chi connectivity index (χ1n) is 5.80. The monoisotopic (exact) mass is 208 g/mol. The predicted octanol–water partition coefficient (Wildman–Crippen LogP) is 0.731. The second kappa shape index (κ2) is 5.28. The normalized spacial score (nSPS) is 15.8. The van der Waals surface area contributed by atoms with Crippen LogP contribution in [0.2, 0.25) is 0 Å². The highest BCUT2D eigenvalue weighted by Gasteiger charge is 2.19. The van der Waals surface area contributed by atoms with Gasteiger partial charge in [-0.15, -0.1) is 0 Å². The molecule has 1 aromatic heterocycles. The highest BCUT2D eigenvalue weighted by molar-refractivity contribution is 4.96. The summed E-state index contributed by atoms with van der Waals surface area (Å²) in [6.07, 6.45) is 8.12. The highest BCUT2D eigenvalue weighted by atomic mass is 15.0. The van der Waals surface area contributed by atoms with Crippen molar-refractivity contribution >= 4 is 0 Å². The molecular weight excluding hydrogens is 188 g/mol. The molecular formula is C11H20N4. The molecule has 1 aliphatic rings. The van der Waals surface area contributed by atoms with Crippen molar-refractivity contribution in [1.82, 2.24) is 14.9 Å². The molecule has 0 unspecified atom stereocenters. The fraction of sp³-hybridized carbons (Fsp3) is 0.727. The maximum Gasteiger partial charge on any atom is 0.0950 e. The molecule has 4 nitrogen and oxygen atoms in total. The number of hydrogen-bond acceptors (Lipinski definition) is 3. The molecule has 15 heavy (non-hydrogen) atoms. The maximum absolute atomic E-state index is 5.47. The molecule has 1 fully saturated rings. The zero-order chi connectivity index (χ0) is 10.5. The Bertz CT molecular complexity index is 291. The summed E-state index contributed by atoms with van der Waals surface area (Å²) in [6.45, 7) is 3.53. The van der Waals surface area contributed by atoms with Gasteiger partial charge in [0.2, 0.25) is 0 Å². The van der Waals surface area contributed by atoms with E-state index in [-0.39, 0.29) is 0 Å². The maximum atomic E-state index is 5.47. The van der Waals surface area contributed by atoms with Crippen LogP contribution in [0.4, 0.5) is 0 Å². The van der Waals surface area contributed by atoms with Crippen LogP contribution in [-0.4, -0.2) is 22.6 Å². The Balaban J connectivity index is 1.63. The van der Waals surface area contributed by atoms with Crippen molar-refractivity contribution in [3.63, 3.8) is 0 Å². The smallest absolute Gasteiger partial charge is 0.0950 e. The molecule has 3 N–H and O–H groups in total. The fourth-order valence-electron chi connectivity index (χ4n) is 1.70. The van der Waals surface area contributed by atoms with Gasteiger partial charge in [-0.2, -0.15) is 0 Å². The third-order valence-corrected chi connectivity index (χ3v) is 2.81.